The lowest BCUT2D eigenvalue weighted by molar-refractivity contribution is -0.274. The topological polar surface area (TPSA) is 49.2 Å². The van der Waals surface area contributed by atoms with Crippen LogP contribution < -0.4 is 9.47 Å². The van der Waals surface area contributed by atoms with Gasteiger partial charge in [-0.05, 0) is 26.0 Å². The molecular formula is C12H12F3N3O2. The van der Waals surface area contributed by atoms with E-state index in [0.717, 1.165) is 0 Å². The molecule has 0 amide bonds. The molecule has 0 atom stereocenters. The monoisotopic (exact) mass is 287 g/mol. The molecule has 0 radical (unpaired) electrons. The first-order valence-electron chi connectivity index (χ1n) is 5.65. The number of rotatable bonds is 3. The van der Waals surface area contributed by atoms with E-state index >= 15 is 0 Å². The molecule has 0 fully saturated rings. The fraction of sp³-hybridized carbons (Fsp3) is 0.333. The van der Waals surface area contributed by atoms with Gasteiger partial charge in [0.25, 0.3) is 0 Å². The molecule has 0 aliphatic rings. The second-order valence-electron chi connectivity index (χ2n) is 4.05. The summed E-state index contributed by atoms with van der Waals surface area (Å²) in [6, 6.07) is 3.76. The van der Waals surface area contributed by atoms with E-state index in [4.69, 9.17) is 4.74 Å². The van der Waals surface area contributed by atoms with Gasteiger partial charge in [0.15, 0.2) is 0 Å². The third-order valence-corrected chi connectivity index (χ3v) is 2.74. The average molecular weight is 287 g/mol. The van der Waals surface area contributed by atoms with Crippen LogP contribution in [0.5, 0.6) is 11.5 Å². The number of benzene rings is 1. The van der Waals surface area contributed by atoms with Crippen molar-refractivity contribution in [2.24, 2.45) is 0 Å². The van der Waals surface area contributed by atoms with Crippen molar-refractivity contribution in [1.82, 2.24) is 15.0 Å². The second-order valence-corrected chi connectivity index (χ2v) is 4.05. The minimum Gasteiger partial charge on any atom is -0.494 e. The number of ether oxygens (including phenoxy) is 2. The first-order chi connectivity index (χ1) is 9.31. The highest BCUT2D eigenvalue weighted by Crippen LogP contribution is 2.31. The third kappa shape index (κ3) is 2.84. The van der Waals surface area contributed by atoms with Crippen LogP contribution in [0.2, 0.25) is 0 Å². The molecular weight excluding hydrogens is 275 g/mol. The lowest BCUT2D eigenvalue weighted by atomic mass is 10.2. The van der Waals surface area contributed by atoms with Crippen LogP contribution in [0.4, 0.5) is 13.2 Å². The van der Waals surface area contributed by atoms with Crippen LogP contribution in [0.3, 0.4) is 0 Å². The average Bonchev–Trinajstić information content (AvgIpc) is 2.68. The van der Waals surface area contributed by atoms with E-state index in [-0.39, 0.29) is 5.75 Å². The second kappa shape index (κ2) is 5.03. The smallest absolute Gasteiger partial charge is 0.494 e. The molecule has 1 aromatic heterocycles. The molecule has 108 valence electrons. The van der Waals surface area contributed by atoms with E-state index in [0.29, 0.717) is 22.8 Å². The van der Waals surface area contributed by atoms with E-state index in [1.807, 2.05) is 0 Å². The molecule has 8 heteroatoms. The molecule has 2 aromatic rings. The zero-order valence-corrected chi connectivity index (χ0v) is 11.0. The Morgan fingerprint density at radius 3 is 2.40 bits per heavy atom. The maximum atomic E-state index is 12.3. The van der Waals surface area contributed by atoms with Crippen molar-refractivity contribution >= 4 is 0 Å². The van der Waals surface area contributed by atoms with Gasteiger partial charge >= 0.3 is 6.36 Å². The van der Waals surface area contributed by atoms with Crippen molar-refractivity contribution in [3.05, 3.63) is 29.6 Å². The standard InChI is InChI=1S/C12H12F3N3O2/c1-7-8(2)18(17-16-7)10-6-9(20-12(13,14)15)4-5-11(10)19-3/h4-6H,1-3H3. The molecule has 0 spiro atoms. The Bertz CT molecular complexity index is 623. The summed E-state index contributed by atoms with van der Waals surface area (Å²) in [5, 5.41) is 7.75. The highest BCUT2D eigenvalue weighted by atomic mass is 19.4. The van der Waals surface area contributed by atoms with Gasteiger partial charge in [-0.25, -0.2) is 4.68 Å². The molecule has 0 bridgehead atoms. The van der Waals surface area contributed by atoms with E-state index in [1.54, 1.807) is 13.8 Å². The summed E-state index contributed by atoms with van der Waals surface area (Å²) >= 11 is 0. The number of nitrogens with zero attached hydrogens (tertiary/aromatic N) is 3. The Hall–Kier alpha value is -2.25. The van der Waals surface area contributed by atoms with Gasteiger partial charge in [-0.1, -0.05) is 5.21 Å². The van der Waals surface area contributed by atoms with Crippen LogP contribution in [-0.2, 0) is 0 Å². The quantitative estimate of drug-likeness (QED) is 0.871. The Morgan fingerprint density at radius 2 is 1.90 bits per heavy atom. The van der Waals surface area contributed by atoms with Crippen LogP contribution >= 0.6 is 0 Å². The van der Waals surface area contributed by atoms with Gasteiger partial charge in [0.1, 0.15) is 17.2 Å². The zero-order chi connectivity index (χ0) is 14.9. The zero-order valence-electron chi connectivity index (χ0n) is 11.0. The van der Waals surface area contributed by atoms with Gasteiger partial charge in [-0.2, -0.15) is 0 Å². The fourth-order valence-electron chi connectivity index (χ4n) is 1.67. The normalized spacial score (nSPS) is 11.5. The number of aromatic nitrogens is 3. The number of halogens is 3. The van der Waals surface area contributed by atoms with Crippen LogP contribution in [-0.4, -0.2) is 28.5 Å². The molecule has 2 rings (SSSR count). The maximum Gasteiger partial charge on any atom is 0.573 e. The van der Waals surface area contributed by atoms with Crippen molar-refractivity contribution < 1.29 is 22.6 Å². The van der Waals surface area contributed by atoms with E-state index in [1.165, 1.54) is 30.0 Å². The third-order valence-electron chi connectivity index (χ3n) is 2.74. The van der Waals surface area contributed by atoms with Crippen molar-refractivity contribution in [1.29, 1.82) is 0 Å². The van der Waals surface area contributed by atoms with Crippen LogP contribution in [0.25, 0.3) is 5.69 Å². The molecule has 1 heterocycles. The number of aryl methyl sites for hydroxylation is 1. The number of alkyl halides is 3. The maximum absolute atomic E-state index is 12.3. The molecule has 0 saturated carbocycles. The first kappa shape index (κ1) is 14.2. The number of hydrogen-bond donors (Lipinski definition) is 0. The molecule has 0 saturated heterocycles. The Balaban J connectivity index is 2.50. The Kier molecular flexibility index (Phi) is 3.56. The molecule has 0 aliphatic carbocycles. The van der Waals surface area contributed by atoms with E-state index < -0.39 is 6.36 Å². The molecule has 1 aromatic carbocycles. The molecule has 0 aliphatic heterocycles. The summed E-state index contributed by atoms with van der Waals surface area (Å²) in [6.07, 6.45) is -4.75. The van der Waals surface area contributed by atoms with Crippen LogP contribution in [0.15, 0.2) is 18.2 Å². The van der Waals surface area contributed by atoms with Crippen LogP contribution in [0, 0.1) is 13.8 Å². The van der Waals surface area contributed by atoms with Gasteiger partial charge in [0, 0.05) is 6.07 Å². The molecule has 5 nitrogen and oxygen atoms in total. The summed E-state index contributed by atoms with van der Waals surface area (Å²) in [4.78, 5) is 0. The minimum atomic E-state index is -4.75. The predicted molar refractivity (Wildman–Crippen MR) is 64.1 cm³/mol. The van der Waals surface area contributed by atoms with Gasteiger partial charge in [0.05, 0.1) is 18.5 Å². The van der Waals surface area contributed by atoms with Crippen molar-refractivity contribution in [2.75, 3.05) is 7.11 Å². The minimum absolute atomic E-state index is 0.326. The Morgan fingerprint density at radius 1 is 1.20 bits per heavy atom. The molecule has 0 N–H and O–H groups in total. The van der Waals surface area contributed by atoms with E-state index in [2.05, 4.69) is 15.0 Å². The van der Waals surface area contributed by atoms with Crippen LogP contribution in [0.1, 0.15) is 11.4 Å². The lowest BCUT2D eigenvalue weighted by Crippen LogP contribution is -2.17. The van der Waals surface area contributed by atoms with Gasteiger partial charge in [0.2, 0.25) is 0 Å². The number of hydrogen-bond acceptors (Lipinski definition) is 4. The van der Waals surface area contributed by atoms with Crippen molar-refractivity contribution in [3.8, 4) is 17.2 Å². The highest BCUT2D eigenvalue weighted by Gasteiger charge is 2.31. The summed E-state index contributed by atoms with van der Waals surface area (Å²) in [7, 11) is 1.42. The molecule has 0 unspecified atom stereocenters. The number of methoxy groups -OCH3 is 1. The van der Waals surface area contributed by atoms with Gasteiger partial charge in [-0.15, -0.1) is 18.3 Å². The SMILES string of the molecule is COc1ccc(OC(F)(F)F)cc1-n1nnc(C)c1C. The Labute approximate surface area is 112 Å². The largest absolute Gasteiger partial charge is 0.573 e. The van der Waals surface area contributed by atoms with Gasteiger partial charge in [-0.3, -0.25) is 0 Å². The summed E-state index contributed by atoms with van der Waals surface area (Å²) in [5.41, 5.74) is 1.70. The van der Waals surface area contributed by atoms with Crippen molar-refractivity contribution in [3.63, 3.8) is 0 Å². The van der Waals surface area contributed by atoms with E-state index in [9.17, 15) is 13.2 Å². The molecule has 20 heavy (non-hydrogen) atoms. The summed E-state index contributed by atoms with van der Waals surface area (Å²) in [5.74, 6) is 0.0216. The first-order valence-corrected chi connectivity index (χ1v) is 5.65. The van der Waals surface area contributed by atoms with Gasteiger partial charge < -0.3 is 9.47 Å². The lowest BCUT2D eigenvalue weighted by Gasteiger charge is -2.13. The highest BCUT2D eigenvalue weighted by molar-refractivity contribution is 5.51. The summed E-state index contributed by atoms with van der Waals surface area (Å²) < 4.78 is 47.2. The predicted octanol–water partition coefficient (Wildman–Crippen LogP) is 2.79. The van der Waals surface area contributed by atoms with Crippen molar-refractivity contribution in [2.45, 2.75) is 20.2 Å². The fourth-order valence-corrected chi connectivity index (χ4v) is 1.67. The summed E-state index contributed by atoms with van der Waals surface area (Å²) in [6.45, 7) is 3.51.